The number of rotatable bonds is 12. The number of hydrogen-bond donors (Lipinski definition) is 3. The van der Waals surface area contributed by atoms with Crippen LogP contribution in [0, 0.1) is 0 Å². The van der Waals surface area contributed by atoms with E-state index in [9.17, 15) is 9.90 Å². The maximum absolute atomic E-state index is 10.3. The molecule has 0 radical (unpaired) electrons. The summed E-state index contributed by atoms with van der Waals surface area (Å²) in [5.41, 5.74) is 0. The summed E-state index contributed by atoms with van der Waals surface area (Å²) in [6.07, 6.45) is 7.87. The Labute approximate surface area is 110 Å². The van der Waals surface area contributed by atoms with Crippen molar-refractivity contribution in [2.24, 2.45) is 0 Å². The second-order valence-electron chi connectivity index (χ2n) is 5.13. The molecule has 0 saturated carbocycles. The van der Waals surface area contributed by atoms with Crippen LogP contribution in [0.2, 0.25) is 0 Å². The van der Waals surface area contributed by atoms with Crippen LogP contribution < -0.4 is 0 Å². The smallest absolute Gasteiger partial charge is 0.303 e. The first-order chi connectivity index (χ1) is 8.52. The number of unbranched alkanes of at least 4 members (excludes halogenated alkanes) is 5. The van der Waals surface area contributed by atoms with Crippen molar-refractivity contribution in [1.82, 2.24) is 0 Å². The highest BCUT2D eigenvalue weighted by atomic mass is 16.4. The van der Waals surface area contributed by atoms with Gasteiger partial charge in [-0.15, -0.1) is 0 Å². The van der Waals surface area contributed by atoms with Gasteiger partial charge in [0.2, 0.25) is 0 Å². The van der Waals surface area contributed by atoms with Crippen LogP contribution in [-0.2, 0) is 4.79 Å². The Morgan fingerprint density at radius 1 is 0.889 bits per heavy atom. The lowest BCUT2D eigenvalue weighted by Gasteiger charge is -2.11. The maximum Gasteiger partial charge on any atom is 0.303 e. The molecule has 2 unspecified atom stereocenters. The van der Waals surface area contributed by atoms with Gasteiger partial charge in [0, 0.05) is 6.42 Å². The molecule has 0 aliphatic heterocycles. The molecule has 2 atom stereocenters. The van der Waals surface area contributed by atoms with Crippen LogP contribution >= 0.6 is 0 Å². The minimum Gasteiger partial charge on any atom is -0.481 e. The minimum absolute atomic E-state index is 0.276. The molecule has 0 aliphatic carbocycles. The molecule has 4 heteroatoms. The van der Waals surface area contributed by atoms with E-state index in [4.69, 9.17) is 10.2 Å². The van der Waals surface area contributed by atoms with Crippen LogP contribution in [0.1, 0.15) is 71.1 Å². The van der Waals surface area contributed by atoms with Crippen molar-refractivity contribution in [2.75, 3.05) is 0 Å². The van der Waals surface area contributed by atoms with E-state index in [-0.39, 0.29) is 18.6 Å². The van der Waals surface area contributed by atoms with Gasteiger partial charge in [-0.2, -0.15) is 0 Å². The quantitative estimate of drug-likeness (QED) is 0.471. The first-order valence-electron chi connectivity index (χ1n) is 7.10. The predicted molar refractivity (Wildman–Crippen MR) is 71.5 cm³/mol. The third kappa shape index (κ3) is 13.5. The molecule has 0 aromatic carbocycles. The summed E-state index contributed by atoms with van der Waals surface area (Å²) in [5.74, 6) is -0.712. The maximum atomic E-state index is 10.3. The zero-order valence-corrected chi connectivity index (χ0v) is 11.5. The predicted octanol–water partition coefficient (Wildman–Crippen LogP) is 2.71. The molecular weight excluding hydrogens is 232 g/mol. The van der Waals surface area contributed by atoms with Crippen LogP contribution in [0.3, 0.4) is 0 Å². The lowest BCUT2D eigenvalue weighted by Crippen LogP contribution is -2.10. The molecule has 0 aromatic rings. The Kier molecular flexibility index (Phi) is 11.1. The fraction of sp³-hybridized carbons (Fsp3) is 0.929. The zero-order valence-electron chi connectivity index (χ0n) is 11.5. The standard InChI is InChI=1S/C14H28O4/c1-12(15)10-11-13(16)8-6-4-2-3-5-7-9-14(17)18/h12-13,15-16H,2-11H2,1H3,(H,17,18). The fourth-order valence-corrected chi connectivity index (χ4v) is 1.94. The number of aliphatic hydroxyl groups excluding tert-OH is 2. The van der Waals surface area contributed by atoms with Gasteiger partial charge < -0.3 is 15.3 Å². The van der Waals surface area contributed by atoms with Crippen molar-refractivity contribution in [1.29, 1.82) is 0 Å². The van der Waals surface area contributed by atoms with Gasteiger partial charge >= 0.3 is 5.97 Å². The molecule has 0 aliphatic rings. The normalized spacial score (nSPS) is 14.4. The molecule has 0 heterocycles. The third-order valence-corrected chi connectivity index (χ3v) is 3.10. The summed E-state index contributed by atoms with van der Waals surface area (Å²) >= 11 is 0. The molecule has 0 bridgehead atoms. The molecule has 0 saturated heterocycles. The molecular formula is C14H28O4. The second kappa shape index (κ2) is 11.5. The Balaban J connectivity index is 3.17. The van der Waals surface area contributed by atoms with E-state index in [1.807, 2.05) is 0 Å². The van der Waals surface area contributed by atoms with Crippen molar-refractivity contribution in [3.8, 4) is 0 Å². The molecule has 18 heavy (non-hydrogen) atoms. The summed E-state index contributed by atoms with van der Waals surface area (Å²) < 4.78 is 0. The molecule has 0 amide bonds. The van der Waals surface area contributed by atoms with Gasteiger partial charge in [0.05, 0.1) is 12.2 Å². The van der Waals surface area contributed by atoms with Crippen LogP contribution in [-0.4, -0.2) is 33.5 Å². The molecule has 0 rings (SSSR count). The van der Waals surface area contributed by atoms with Crippen molar-refractivity contribution in [2.45, 2.75) is 83.3 Å². The second-order valence-corrected chi connectivity index (χ2v) is 5.13. The van der Waals surface area contributed by atoms with Crippen molar-refractivity contribution >= 4 is 5.97 Å². The van der Waals surface area contributed by atoms with Crippen molar-refractivity contribution in [3.05, 3.63) is 0 Å². The first-order valence-corrected chi connectivity index (χ1v) is 7.10. The fourth-order valence-electron chi connectivity index (χ4n) is 1.94. The number of carboxylic acid groups (broad SMARTS) is 1. The topological polar surface area (TPSA) is 77.8 Å². The zero-order chi connectivity index (χ0) is 13.8. The molecule has 0 aromatic heterocycles. The van der Waals surface area contributed by atoms with Crippen LogP contribution in [0.5, 0.6) is 0 Å². The van der Waals surface area contributed by atoms with E-state index in [1.165, 1.54) is 0 Å². The van der Waals surface area contributed by atoms with Gasteiger partial charge in [-0.25, -0.2) is 0 Å². The first kappa shape index (κ1) is 17.4. The molecule has 3 N–H and O–H groups in total. The average Bonchev–Trinajstić information content (AvgIpc) is 2.29. The minimum atomic E-state index is -0.712. The highest BCUT2D eigenvalue weighted by Gasteiger charge is 2.05. The van der Waals surface area contributed by atoms with E-state index in [1.54, 1.807) is 6.92 Å². The number of carbonyl (C=O) groups is 1. The number of aliphatic carboxylic acids is 1. The lowest BCUT2D eigenvalue weighted by molar-refractivity contribution is -0.137. The largest absolute Gasteiger partial charge is 0.481 e. The monoisotopic (exact) mass is 260 g/mol. The number of aliphatic hydroxyl groups is 2. The van der Waals surface area contributed by atoms with E-state index in [2.05, 4.69) is 0 Å². The van der Waals surface area contributed by atoms with Crippen LogP contribution in [0.15, 0.2) is 0 Å². The van der Waals surface area contributed by atoms with Crippen molar-refractivity contribution < 1.29 is 20.1 Å². The molecule has 0 spiro atoms. The van der Waals surface area contributed by atoms with Crippen LogP contribution in [0.4, 0.5) is 0 Å². The SMILES string of the molecule is CC(O)CCC(O)CCCCCCCCC(=O)O. The summed E-state index contributed by atoms with van der Waals surface area (Å²) in [7, 11) is 0. The van der Waals surface area contributed by atoms with Gasteiger partial charge in [0.1, 0.15) is 0 Å². The Morgan fingerprint density at radius 2 is 1.44 bits per heavy atom. The van der Waals surface area contributed by atoms with E-state index in [0.29, 0.717) is 12.8 Å². The van der Waals surface area contributed by atoms with Gasteiger partial charge in [-0.1, -0.05) is 32.1 Å². The lowest BCUT2D eigenvalue weighted by atomic mass is 10.0. The third-order valence-electron chi connectivity index (χ3n) is 3.10. The number of hydrogen-bond acceptors (Lipinski definition) is 3. The highest BCUT2D eigenvalue weighted by Crippen LogP contribution is 2.12. The van der Waals surface area contributed by atoms with Gasteiger partial charge in [-0.05, 0) is 32.6 Å². The summed E-state index contributed by atoms with van der Waals surface area (Å²) in [6, 6.07) is 0. The summed E-state index contributed by atoms with van der Waals surface area (Å²) in [4.78, 5) is 10.3. The molecule has 0 fully saturated rings. The van der Waals surface area contributed by atoms with Gasteiger partial charge in [0.15, 0.2) is 0 Å². The van der Waals surface area contributed by atoms with Crippen molar-refractivity contribution in [3.63, 3.8) is 0 Å². The Hall–Kier alpha value is -0.610. The average molecular weight is 260 g/mol. The van der Waals surface area contributed by atoms with E-state index >= 15 is 0 Å². The Morgan fingerprint density at radius 3 is 2.00 bits per heavy atom. The highest BCUT2D eigenvalue weighted by molar-refractivity contribution is 5.66. The Bertz CT molecular complexity index is 204. The summed E-state index contributed by atoms with van der Waals surface area (Å²) in [5, 5.41) is 27.2. The summed E-state index contributed by atoms with van der Waals surface area (Å²) in [6.45, 7) is 1.74. The molecule has 108 valence electrons. The van der Waals surface area contributed by atoms with E-state index < -0.39 is 5.97 Å². The molecule has 4 nitrogen and oxygen atoms in total. The van der Waals surface area contributed by atoms with Gasteiger partial charge in [-0.3, -0.25) is 4.79 Å². The van der Waals surface area contributed by atoms with Gasteiger partial charge in [0.25, 0.3) is 0 Å². The van der Waals surface area contributed by atoms with Crippen LogP contribution in [0.25, 0.3) is 0 Å². The number of carboxylic acids is 1. The van der Waals surface area contributed by atoms with E-state index in [0.717, 1.165) is 44.9 Å².